The van der Waals surface area contributed by atoms with Crippen molar-refractivity contribution in [3.63, 3.8) is 0 Å². The number of amides is 1. The quantitative estimate of drug-likeness (QED) is 0.836. The van der Waals surface area contributed by atoms with Gasteiger partial charge in [0.15, 0.2) is 0 Å². The van der Waals surface area contributed by atoms with E-state index in [0.29, 0.717) is 13.2 Å². The molecule has 5 heteroatoms. The molecule has 3 unspecified atom stereocenters. The minimum atomic E-state index is -0.446. The Morgan fingerprint density at radius 3 is 3.17 bits per heavy atom. The molecule has 1 fully saturated rings. The summed E-state index contributed by atoms with van der Waals surface area (Å²) in [7, 11) is 0. The van der Waals surface area contributed by atoms with Gasteiger partial charge in [-0.25, -0.2) is 0 Å². The van der Waals surface area contributed by atoms with E-state index in [-0.39, 0.29) is 18.1 Å². The van der Waals surface area contributed by atoms with Crippen LogP contribution in [-0.4, -0.2) is 44.4 Å². The summed E-state index contributed by atoms with van der Waals surface area (Å²) in [5.74, 6) is -0.0622. The van der Waals surface area contributed by atoms with E-state index in [1.165, 1.54) is 11.1 Å². The maximum absolute atomic E-state index is 12.2. The fraction of sp³-hybridized carbons (Fsp3) is 0.611. The Balaban J connectivity index is 1.45. The molecule has 2 aliphatic rings. The highest BCUT2D eigenvalue weighted by Crippen LogP contribution is 2.21. The molecule has 2 N–H and O–H groups in total. The highest BCUT2D eigenvalue weighted by molar-refractivity contribution is 5.80. The smallest absolute Gasteiger partial charge is 0.248 e. The van der Waals surface area contributed by atoms with Crippen LogP contribution in [0.3, 0.4) is 0 Å². The third-order valence-corrected chi connectivity index (χ3v) is 4.62. The molecule has 0 radical (unpaired) electrons. The first-order valence-electron chi connectivity index (χ1n) is 8.56. The molecule has 23 heavy (non-hydrogen) atoms. The zero-order chi connectivity index (χ0) is 16.1. The predicted octanol–water partition coefficient (Wildman–Crippen LogP) is 1.57. The van der Waals surface area contributed by atoms with Crippen LogP contribution in [0, 0.1) is 0 Å². The zero-order valence-corrected chi connectivity index (χ0v) is 13.7. The minimum Gasteiger partial charge on any atom is -0.376 e. The normalized spacial score (nSPS) is 24.9. The molecule has 1 aromatic rings. The lowest BCUT2D eigenvalue weighted by atomic mass is 9.94. The number of nitrogens with one attached hydrogen (secondary N) is 2. The maximum atomic E-state index is 12.2. The second-order valence-corrected chi connectivity index (χ2v) is 6.31. The van der Waals surface area contributed by atoms with Crippen molar-refractivity contribution in [2.45, 2.75) is 44.4 Å². The molecular formula is C18H26N2O3. The van der Waals surface area contributed by atoms with Crippen LogP contribution in [-0.2, 0) is 20.7 Å². The SMILES string of the molecule is CC(OCC1CCCO1)C(=O)NCC1NCCc2ccccc21. The minimum absolute atomic E-state index is 0.0622. The zero-order valence-electron chi connectivity index (χ0n) is 13.7. The second-order valence-electron chi connectivity index (χ2n) is 6.31. The van der Waals surface area contributed by atoms with Gasteiger partial charge < -0.3 is 20.1 Å². The Morgan fingerprint density at radius 1 is 1.48 bits per heavy atom. The molecule has 5 nitrogen and oxygen atoms in total. The number of ether oxygens (including phenoxy) is 2. The second kappa shape index (κ2) is 7.90. The van der Waals surface area contributed by atoms with Crippen LogP contribution in [0.1, 0.15) is 36.9 Å². The fourth-order valence-corrected chi connectivity index (χ4v) is 3.22. The molecule has 0 aliphatic carbocycles. The Hall–Kier alpha value is -1.43. The summed E-state index contributed by atoms with van der Waals surface area (Å²) in [6, 6.07) is 8.59. The van der Waals surface area contributed by atoms with Crippen LogP contribution >= 0.6 is 0 Å². The number of rotatable bonds is 6. The Morgan fingerprint density at radius 2 is 2.35 bits per heavy atom. The summed E-state index contributed by atoms with van der Waals surface area (Å²) in [6.07, 6.45) is 2.86. The molecule has 2 heterocycles. The lowest BCUT2D eigenvalue weighted by Crippen LogP contribution is -2.42. The number of hydrogen-bond acceptors (Lipinski definition) is 4. The summed E-state index contributed by atoms with van der Waals surface area (Å²) >= 11 is 0. The summed E-state index contributed by atoms with van der Waals surface area (Å²) in [4.78, 5) is 12.2. The summed E-state index contributed by atoms with van der Waals surface area (Å²) in [5.41, 5.74) is 2.65. The fourth-order valence-electron chi connectivity index (χ4n) is 3.22. The van der Waals surface area contributed by atoms with Crippen molar-refractivity contribution in [1.29, 1.82) is 0 Å². The van der Waals surface area contributed by atoms with Gasteiger partial charge in [0.2, 0.25) is 5.91 Å². The molecule has 1 amide bonds. The van der Waals surface area contributed by atoms with Gasteiger partial charge in [-0.2, -0.15) is 0 Å². The first kappa shape index (κ1) is 16.4. The summed E-state index contributed by atoms with van der Waals surface area (Å²) < 4.78 is 11.2. The van der Waals surface area contributed by atoms with Crippen LogP contribution in [0.2, 0.25) is 0 Å². The Kier molecular flexibility index (Phi) is 5.65. The topological polar surface area (TPSA) is 59.6 Å². The van der Waals surface area contributed by atoms with Crippen molar-refractivity contribution < 1.29 is 14.3 Å². The van der Waals surface area contributed by atoms with E-state index in [0.717, 1.165) is 32.4 Å². The number of fused-ring (bicyclic) bond motifs is 1. The highest BCUT2D eigenvalue weighted by Gasteiger charge is 2.22. The standard InChI is InChI=1S/C18H26N2O3/c1-13(23-12-15-6-4-10-22-15)18(21)20-11-17-16-7-3-2-5-14(16)8-9-19-17/h2-3,5,7,13,15,17,19H,4,6,8-12H2,1H3,(H,20,21). The van der Waals surface area contributed by atoms with Crippen LogP contribution < -0.4 is 10.6 Å². The van der Waals surface area contributed by atoms with Crippen LogP contribution in [0.4, 0.5) is 0 Å². The number of hydrogen-bond donors (Lipinski definition) is 2. The van der Waals surface area contributed by atoms with E-state index in [2.05, 4.69) is 28.8 Å². The van der Waals surface area contributed by atoms with E-state index in [1.807, 2.05) is 6.07 Å². The van der Waals surface area contributed by atoms with Gasteiger partial charge in [0.05, 0.1) is 12.7 Å². The van der Waals surface area contributed by atoms with Gasteiger partial charge in [-0.15, -0.1) is 0 Å². The first-order chi connectivity index (χ1) is 11.2. The van der Waals surface area contributed by atoms with E-state index in [4.69, 9.17) is 9.47 Å². The monoisotopic (exact) mass is 318 g/mol. The van der Waals surface area contributed by atoms with E-state index < -0.39 is 6.10 Å². The van der Waals surface area contributed by atoms with E-state index in [1.54, 1.807) is 6.92 Å². The van der Waals surface area contributed by atoms with Gasteiger partial charge >= 0.3 is 0 Å². The largest absolute Gasteiger partial charge is 0.376 e. The van der Waals surface area contributed by atoms with Gasteiger partial charge in [0.25, 0.3) is 0 Å². The Labute approximate surface area is 137 Å². The van der Waals surface area contributed by atoms with Gasteiger partial charge in [0, 0.05) is 19.2 Å². The van der Waals surface area contributed by atoms with Crippen molar-refractivity contribution >= 4 is 5.91 Å². The molecular weight excluding hydrogens is 292 g/mol. The lowest BCUT2D eigenvalue weighted by molar-refractivity contribution is -0.133. The maximum Gasteiger partial charge on any atom is 0.248 e. The lowest BCUT2D eigenvalue weighted by Gasteiger charge is -2.27. The first-order valence-corrected chi connectivity index (χ1v) is 8.56. The van der Waals surface area contributed by atoms with Gasteiger partial charge in [-0.1, -0.05) is 24.3 Å². The summed E-state index contributed by atoms with van der Waals surface area (Å²) in [6.45, 7) is 4.64. The molecule has 0 bridgehead atoms. The van der Waals surface area contributed by atoms with Crippen LogP contribution in [0.15, 0.2) is 24.3 Å². The van der Waals surface area contributed by atoms with Crippen molar-refractivity contribution in [3.8, 4) is 0 Å². The molecule has 0 saturated carbocycles. The third kappa shape index (κ3) is 4.31. The van der Waals surface area contributed by atoms with Crippen molar-refractivity contribution in [3.05, 3.63) is 35.4 Å². The molecule has 3 rings (SSSR count). The third-order valence-electron chi connectivity index (χ3n) is 4.62. The number of benzene rings is 1. The number of carbonyl (C=O) groups is 1. The predicted molar refractivity (Wildman–Crippen MR) is 88.3 cm³/mol. The molecule has 1 aromatic carbocycles. The van der Waals surface area contributed by atoms with E-state index in [9.17, 15) is 4.79 Å². The average Bonchev–Trinajstić information content (AvgIpc) is 3.11. The molecule has 1 saturated heterocycles. The van der Waals surface area contributed by atoms with Crippen LogP contribution in [0.5, 0.6) is 0 Å². The van der Waals surface area contributed by atoms with E-state index >= 15 is 0 Å². The Bertz CT molecular complexity index is 529. The van der Waals surface area contributed by atoms with Crippen molar-refractivity contribution in [2.24, 2.45) is 0 Å². The molecule has 0 aromatic heterocycles. The molecule has 126 valence electrons. The van der Waals surface area contributed by atoms with Gasteiger partial charge in [0.1, 0.15) is 6.10 Å². The summed E-state index contributed by atoms with van der Waals surface area (Å²) in [5, 5.41) is 6.47. The average molecular weight is 318 g/mol. The van der Waals surface area contributed by atoms with Crippen LogP contribution in [0.25, 0.3) is 0 Å². The highest BCUT2D eigenvalue weighted by atomic mass is 16.5. The molecule has 3 atom stereocenters. The van der Waals surface area contributed by atoms with Crippen molar-refractivity contribution in [1.82, 2.24) is 10.6 Å². The number of carbonyl (C=O) groups excluding carboxylic acids is 1. The molecule has 2 aliphatic heterocycles. The molecule has 0 spiro atoms. The van der Waals surface area contributed by atoms with Gasteiger partial charge in [-0.3, -0.25) is 4.79 Å². The van der Waals surface area contributed by atoms with Gasteiger partial charge in [-0.05, 0) is 43.9 Å². The van der Waals surface area contributed by atoms with Crippen molar-refractivity contribution in [2.75, 3.05) is 26.3 Å².